The van der Waals surface area contributed by atoms with Crippen LogP contribution in [0.3, 0.4) is 0 Å². The fraction of sp³-hybridized carbons (Fsp3) is 0.333. The minimum Gasteiger partial charge on any atom is -0.484 e. The van der Waals surface area contributed by atoms with E-state index in [1.165, 1.54) is 0 Å². The molecule has 18 heavy (non-hydrogen) atoms. The first-order valence-corrected chi connectivity index (χ1v) is 5.84. The van der Waals surface area contributed by atoms with Crippen LogP contribution in [0.1, 0.15) is 13.8 Å². The van der Waals surface area contributed by atoms with Gasteiger partial charge >= 0.3 is 6.03 Å². The summed E-state index contributed by atoms with van der Waals surface area (Å²) in [6, 6.07) is 6.10. The number of imide groups is 1. The van der Waals surface area contributed by atoms with Gasteiger partial charge in [-0.3, -0.25) is 10.1 Å². The van der Waals surface area contributed by atoms with Crippen molar-refractivity contribution in [2.45, 2.75) is 19.9 Å². The Morgan fingerprint density at radius 2 is 2.11 bits per heavy atom. The molecule has 0 aliphatic rings. The molecule has 0 unspecified atom stereocenters. The number of nitrogens with one attached hydrogen (secondary N) is 2. The molecule has 1 aromatic rings. The lowest BCUT2D eigenvalue weighted by molar-refractivity contribution is -0.122. The van der Waals surface area contributed by atoms with Crippen LogP contribution in [0.5, 0.6) is 5.75 Å². The van der Waals surface area contributed by atoms with Crippen molar-refractivity contribution in [1.29, 1.82) is 0 Å². The predicted octanol–water partition coefficient (Wildman–Crippen LogP) is 1.95. The van der Waals surface area contributed by atoms with Crippen LogP contribution >= 0.6 is 11.6 Å². The second-order valence-electron chi connectivity index (χ2n) is 3.92. The van der Waals surface area contributed by atoms with E-state index < -0.39 is 11.9 Å². The van der Waals surface area contributed by atoms with Gasteiger partial charge in [0.05, 0.1) is 0 Å². The van der Waals surface area contributed by atoms with E-state index >= 15 is 0 Å². The Hall–Kier alpha value is -1.75. The molecule has 0 heterocycles. The number of amides is 3. The van der Waals surface area contributed by atoms with E-state index in [1.54, 1.807) is 38.1 Å². The van der Waals surface area contributed by atoms with Crippen molar-refractivity contribution < 1.29 is 14.3 Å². The van der Waals surface area contributed by atoms with Crippen molar-refractivity contribution >= 4 is 23.5 Å². The number of carbonyl (C=O) groups excluding carboxylic acids is 2. The Morgan fingerprint density at radius 3 is 2.72 bits per heavy atom. The Labute approximate surface area is 110 Å². The van der Waals surface area contributed by atoms with Crippen molar-refractivity contribution in [2.75, 3.05) is 6.61 Å². The minimum absolute atomic E-state index is 0.0355. The molecule has 1 rings (SSSR count). The molecule has 2 N–H and O–H groups in total. The molecule has 5 nitrogen and oxygen atoms in total. The molecule has 0 aliphatic heterocycles. The van der Waals surface area contributed by atoms with Gasteiger partial charge in [-0.15, -0.1) is 0 Å². The second kappa shape index (κ2) is 6.86. The van der Waals surface area contributed by atoms with Crippen molar-refractivity contribution in [3.8, 4) is 5.75 Å². The van der Waals surface area contributed by atoms with Gasteiger partial charge in [-0.2, -0.15) is 0 Å². The highest BCUT2D eigenvalue weighted by atomic mass is 35.5. The zero-order valence-corrected chi connectivity index (χ0v) is 11.0. The molecular formula is C12H15ClN2O3. The number of benzene rings is 1. The average molecular weight is 271 g/mol. The number of rotatable bonds is 4. The zero-order valence-electron chi connectivity index (χ0n) is 10.2. The van der Waals surface area contributed by atoms with Gasteiger partial charge in [0.25, 0.3) is 5.91 Å². The largest absolute Gasteiger partial charge is 0.484 e. The van der Waals surface area contributed by atoms with Gasteiger partial charge in [0.15, 0.2) is 6.61 Å². The van der Waals surface area contributed by atoms with E-state index in [0.717, 1.165) is 0 Å². The molecule has 6 heteroatoms. The van der Waals surface area contributed by atoms with Crippen molar-refractivity contribution in [3.63, 3.8) is 0 Å². The molecule has 0 saturated heterocycles. The lowest BCUT2D eigenvalue weighted by Gasteiger charge is -2.10. The van der Waals surface area contributed by atoms with E-state index in [0.29, 0.717) is 10.8 Å². The molecule has 0 aromatic heterocycles. The molecule has 0 fully saturated rings. The summed E-state index contributed by atoms with van der Waals surface area (Å²) in [6.45, 7) is 3.35. The highest BCUT2D eigenvalue weighted by Gasteiger charge is 2.09. The first-order valence-electron chi connectivity index (χ1n) is 5.46. The third-order valence-electron chi connectivity index (χ3n) is 1.84. The number of urea groups is 1. The van der Waals surface area contributed by atoms with E-state index in [1.807, 2.05) is 0 Å². The van der Waals surface area contributed by atoms with Crippen molar-refractivity contribution in [2.24, 2.45) is 0 Å². The molecule has 98 valence electrons. The van der Waals surface area contributed by atoms with Gasteiger partial charge in [0.1, 0.15) is 5.75 Å². The Bertz CT molecular complexity index is 435. The highest BCUT2D eigenvalue weighted by Crippen LogP contribution is 2.16. The van der Waals surface area contributed by atoms with Crippen LogP contribution in [0.4, 0.5) is 4.79 Å². The Morgan fingerprint density at radius 1 is 1.39 bits per heavy atom. The smallest absolute Gasteiger partial charge is 0.321 e. The quantitative estimate of drug-likeness (QED) is 0.879. The van der Waals surface area contributed by atoms with E-state index in [9.17, 15) is 9.59 Å². The van der Waals surface area contributed by atoms with Crippen LogP contribution in [-0.2, 0) is 4.79 Å². The van der Waals surface area contributed by atoms with Gasteiger partial charge < -0.3 is 10.1 Å². The number of hydrogen-bond acceptors (Lipinski definition) is 3. The molecule has 0 spiro atoms. The SMILES string of the molecule is CC(C)NC(=O)NC(=O)COc1cccc(Cl)c1. The summed E-state index contributed by atoms with van der Waals surface area (Å²) in [5.41, 5.74) is 0. The Balaban J connectivity index is 2.35. The number of ether oxygens (including phenoxy) is 1. The molecule has 0 bridgehead atoms. The number of hydrogen-bond donors (Lipinski definition) is 2. The van der Waals surface area contributed by atoms with Crippen LogP contribution in [-0.4, -0.2) is 24.6 Å². The average Bonchev–Trinajstić information content (AvgIpc) is 2.25. The summed E-state index contributed by atoms with van der Waals surface area (Å²) in [6.07, 6.45) is 0. The summed E-state index contributed by atoms with van der Waals surface area (Å²) in [5.74, 6) is -0.0463. The van der Waals surface area contributed by atoms with E-state index in [2.05, 4.69) is 10.6 Å². The number of carbonyl (C=O) groups is 2. The summed E-state index contributed by atoms with van der Waals surface area (Å²) in [5, 5.41) is 5.20. The first-order chi connectivity index (χ1) is 8.47. The maximum atomic E-state index is 11.4. The van der Waals surface area contributed by atoms with Gasteiger partial charge in [0, 0.05) is 11.1 Å². The third-order valence-corrected chi connectivity index (χ3v) is 2.07. The topological polar surface area (TPSA) is 67.4 Å². The lowest BCUT2D eigenvalue weighted by atomic mass is 10.3. The molecular weight excluding hydrogens is 256 g/mol. The third kappa shape index (κ3) is 5.54. The highest BCUT2D eigenvalue weighted by molar-refractivity contribution is 6.30. The first kappa shape index (κ1) is 14.3. The van der Waals surface area contributed by atoms with Crippen molar-refractivity contribution in [1.82, 2.24) is 10.6 Å². The normalized spacial score (nSPS) is 10.0. The maximum Gasteiger partial charge on any atom is 0.321 e. The summed E-state index contributed by atoms with van der Waals surface area (Å²) in [4.78, 5) is 22.6. The Kier molecular flexibility index (Phi) is 5.45. The van der Waals surface area contributed by atoms with E-state index in [4.69, 9.17) is 16.3 Å². The minimum atomic E-state index is -0.537. The van der Waals surface area contributed by atoms with Crippen LogP contribution < -0.4 is 15.4 Å². The summed E-state index contributed by atoms with van der Waals surface area (Å²) < 4.78 is 5.18. The van der Waals surface area contributed by atoms with Gasteiger partial charge in [-0.05, 0) is 32.0 Å². The van der Waals surface area contributed by atoms with Crippen LogP contribution in [0.15, 0.2) is 24.3 Å². The molecule has 0 atom stereocenters. The number of halogens is 1. The van der Waals surface area contributed by atoms with Crippen LogP contribution in [0.25, 0.3) is 0 Å². The fourth-order valence-electron chi connectivity index (χ4n) is 1.17. The molecule has 3 amide bonds. The molecule has 0 radical (unpaired) electrons. The van der Waals surface area contributed by atoms with Gasteiger partial charge in [-0.25, -0.2) is 4.79 Å². The second-order valence-corrected chi connectivity index (χ2v) is 4.36. The van der Waals surface area contributed by atoms with Gasteiger partial charge in [-0.1, -0.05) is 17.7 Å². The van der Waals surface area contributed by atoms with E-state index in [-0.39, 0.29) is 12.6 Å². The maximum absolute atomic E-state index is 11.4. The molecule has 1 aromatic carbocycles. The van der Waals surface area contributed by atoms with Gasteiger partial charge in [0.2, 0.25) is 0 Å². The summed E-state index contributed by atoms with van der Waals surface area (Å²) >= 11 is 5.76. The fourth-order valence-corrected chi connectivity index (χ4v) is 1.35. The monoisotopic (exact) mass is 270 g/mol. The standard InChI is InChI=1S/C12H15ClN2O3/c1-8(2)14-12(17)15-11(16)7-18-10-5-3-4-9(13)6-10/h3-6,8H,7H2,1-2H3,(H2,14,15,16,17). The summed E-state index contributed by atoms with van der Waals surface area (Å²) in [7, 11) is 0. The van der Waals surface area contributed by atoms with Crippen LogP contribution in [0, 0.1) is 0 Å². The predicted molar refractivity (Wildman–Crippen MR) is 68.8 cm³/mol. The molecule has 0 saturated carbocycles. The van der Waals surface area contributed by atoms with Crippen LogP contribution in [0.2, 0.25) is 5.02 Å². The zero-order chi connectivity index (χ0) is 13.5. The van der Waals surface area contributed by atoms with Crippen molar-refractivity contribution in [3.05, 3.63) is 29.3 Å². The lowest BCUT2D eigenvalue weighted by Crippen LogP contribution is -2.44. The molecule has 0 aliphatic carbocycles.